The van der Waals surface area contributed by atoms with Crippen molar-refractivity contribution >= 4 is 5.76 Å². The minimum Gasteiger partial charge on any atom is -0.506 e. The first-order chi connectivity index (χ1) is 9.24. The normalized spacial score (nSPS) is 11.2. The molecule has 1 aromatic heterocycles. The van der Waals surface area contributed by atoms with Gasteiger partial charge in [0.2, 0.25) is 5.88 Å². The Balaban J connectivity index is 2.24. The summed E-state index contributed by atoms with van der Waals surface area (Å²) in [6.45, 7) is 0. The summed E-state index contributed by atoms with van der Waals surface area (Å²) >= 11 is 0. The smallest absolute Gasteiger partial charge is 0.212 e. The molecule has 1 aromatic carbocycles. The summed E-state index contributed by atoms with van der Waals surface area (Å²) in [5.41, 5.74) is 2.81. The average molecular weight is 256 g/mol. The van der Waals surface area contributed by atoms with Gasteiger partial charge in [-0.25, -0.2) is 4.98 Å². The number of methoxy groups -OCH3 is 1. The molecule has 4 heteroatoms. The SMILES string of the molecule is CN/C=C(\O)c1ccc(-c2ccc(OC)nc2)cc1. The minimum absolute atomic E-state index is 0.210. The zero-order chi connectivity index (χ0) is 13.7. The lowest BCUT2D eigenvalue weighted by atomic mass is 10.1. The maximum absolute atomic E-state index is 9.72. The van der Waals surface area contributed by atoms with Crippen LogP contribution in [0.4, 0.5) is 0 Å². The Morgan fingerprint density at radius 1 is 1.16 bits per heavy atom. The first-order valence-electron chi connectivity index (χ1n) is 5.92. The van der Waals surface area contributed by atoms with Crippen LogP contribution in [0.1, 0.15) is 5.56 Å². The first-order valence-corrected chi connectivity index (χ1v) is 5.92. The molecule has 0 aliphatic rings. The quantitative estimate of drug-likeness (QED) is 0.826. The number of rotatable bonds is 4. The molecule has 0 bridgehead atoms. The Kier molecular flexibility index (Phi) is 4.03. The third-order valence-corrected chi connectivity index (χ3v) is 2.74. The molecule has 0 amide bonds. The van der Waals surface area contributed by atoms with Crippen molar-refractivity contribution in [1.29, 1.82) is 0 Å². The molecule has 0 unspecified atom stereocenters. The molecule has 0 fully saturated rings. The van der Waals surface area contributed by atoms with Crippen molar-refractivity contribution in [1.82, 2.24) is 10.3 Å². The van der Waals surface area contributed by atoms with Crippen LogP contribution in [0.15, 0.2) is 48.8 Å². The summed E-state index contributed by atoms with van der Waals surface area (Å²) in [5, 5.41) is 12.5. The Morgan fingerprint density at radius 3 is 2.37 bits per heavy atom. The predicted molar refractivity (Wildman–Crippen MR) is 75.9 cm³/mol. The van der Waals surface area contributed by atoms with Crippen molar-refractivity contribution < 1.29 is 9.84 Å². The average Bonchev–Trinajstić information content (AvgIpc) is 2.48. The fraction of sp³-hybridized carbons (Fsp3) is 0.133. The highest BCUT2D eigenvalue weighted by molar-refractivity contribution is 5.67. The van der Waals surface area contributed by atoms with Crippen LogP contribution in [0, 0.1) is 0 Å². The van der Waals surface area contributed by atoms with Crippen LogP contribution < -0.4 is 10.1 Å². The highest BCUT2D eigenvalue weighted by atomic mass is 16.5. The molecule has 0 saturated heterocycles. The van der Waals surface area contributed by atoms with Gasteiger partial charge in [-0.15, -0.1) is 0 Å². The summed E-state index contributed by atoms with van der Waals surface area (Å²) in [4.78, 5) is 4.17. The Morgan fingerprint density at radius 2 is 1.84 bits per heavy atom. The topological polar surface area (TPSA) is 54.4 Å². The van der Waals surface area contributed by atoms with Crippen LogP contribution in [0.25, 0.3) is 16.9 Å². The van der Waals surface area contributed by atoms with Gasteiger partial charge in [0.05, 0.1) is 7.11 Å². The zero-order valence-corrected chi connectivity index (χ0v) is 10.9. The molecule has 98 valence electrons. The Hall–Kier alpha value is -2.49. The van der Waals surface area contributed by atoms with Crippen molar-refractivity contribution in [2.45, 2.75) is 0 Å². The van der Waals surface area contributed by atoms with E-state index in [2.05, 4.69) is 10.3 Å². The van der Waals surface area contributed by atoms with Crippen LogP contribution in [0.3, 0.4) is 0 Å². The van der Waals surface area contributed by atoms with Gasteiger partial charge in [-0.05, 0) is 11.6 Å². The third kappa shape index (κ3) is 3.04. The standard InChI is InChI=1S/C15H16N2O2/c1-16-10-14(18)12-5-3-11(4-6-12)13-7-8-15(19-2)17-9-13/h3-10,16,18H,1-2H3/b14-10-. The van der Waals surface area contributed by atoms with Crippen LogP contribution in [0.2, 0.25) is 0 Å². The van der Waals surface area contributed by atoms with Gasteiger partial charge >= 0.3 is 0 Å². The number of ether oxygens (including phenoxy) is 1. The van der Waals surface area contributed by atoms with E-state index < -0.39 is 0 Å². The van der Waals surface area contributed by atoms with E-state index >= 15 is 0 Å². The molecule has 0 atom stereocenters. The van der Waals surface area contributed by atoms with Crippen LogP contribution in [0.5, 0.6) is 5.88 Å². The van der Waals surface area contributed by atoms with Gasteiger partial charge in [-0.1, -0.05) is 24.3 Å². The van der Waals surface area contributed by atoms with E-state index in [4.69, 9.17) is 4.74 Å². The van der Waals surface area contributed by atoms with E-state index in [9.17, 15) is 5.11 Å². The number of hydrogen-bond acceptors (Lipinski definition) is 4. The van der Waals surface area contributed by atoms with E-state index in [1.54, 1.807) is 26.6 Å². The van der Waals surface area contributed by atoms with E-state index in [1.165, 1.54) is 0 Å². The molecule has 0 aliphatic heterocycles. The molecule has 19 heavy (non-hydrogen) atoms. The monoisotopic (exact) mass is 256 g/mol. The van der Waals surface area contributed by atoms with Crippen molar-refractivity contribution in [3.05, 3.63) is 54.4 Å². The largest absolute Gasteiger partial charge is 0.506 e. The molecule has 2 N–H and O–H groups in total. The summed E-state index contributed by atoms with van der Waals surface area (Å²) < 4.78 is 5.02. The van der Waals surface area contributed by atoms with Gasteiger partial charge in [0.15, 0.2) is 0 Å². The lowest BCUT2D eigenvalue weighted by Gasteiger charge is -2.05. The molecule has 1 heterocycles. The number of pyridine rings is 1. The van der Waals surface area contributed by atoms with Crippen LogP contribution in [-0.2, 0) is 0 Å². The van der Waals surface area contributed by atoms with Crippen molar-refractivity contribution in [3.8, 4) is 17.0 Å². The maximum Gasteiger partial charge on any atom is 0.212 e. The lowest BCUT2D eigenvalue weighted by Crippen LogP contribution is -1.95. The molecule has 2 rings (SSSR count). The number of aliphatic hydroxyl groups is 1. The molecule has 0 spiro atoms. The van der Waals surface area contributed by atoms with Crippen LogP contribution >= 0.6 is 0 Å². The van der Waals surface area contributed by atoms with Gasteiger partial charge in [0.25, 0.3) is 0 Å². The number of nitrogens with zero attached hydrogens (tertiary/aromatic N) is 1. The van der Waals surface area contributed by atoms with E-state index in [0.717, 1.165) is 16.7 Å². The molecular formula is C15H16N2O2. The summed E-state index contributed by atoms with van der Waals surface area (Å²) in [6, 6.07) is 11.4. The molecule has 0 radical (unpaired) electrons. The van der Waals surface area contributed by atoms with E-state index in [-0.39, 0.29) is 5.76 Å². The van der Waals surface area contributed by atoms with Crippen LogP contribution in [-0.4, -0.2) is 24.2 Å². The Labute approximate surface area is 112 Å². The second-order valence-electron chi connectivity index (χ2n) is 3.98. The molecule has 0 saturated carbocycles. The lowest BCUT2D eigenvalue weighted by molar-refractivity contribution is 0.398. The number of nitrogens with one attached hydrogen (secondary N) is 1. The van der Waals surface area contributed by atoms with E-state index in [1.807, 2.05) is 36.4 Å². The van der Waals surface area contributed by atoms with Gasteiger partial charge in [-0.2, -0.15) is 0 Å². The van der Waals surface area contributed by atoms with Gasteiger partial charge < -0.3 is 15.2 Å². The van der Waals surface area contributed by atoms with Gasteiger partial charge in [-0.3, -0.25) is 0 Å². The third-order valence-electron chi connectivity index (χ3n) is 2.74. The Bertz CT molecular complexity index is 560. The highest BCUT2D eigenvalue weighted by Crippen LogP contribution is 2.22. The van der Waals surface area contributed by atoms with Gasteiger partial charge in [0, 0.05) is 36.6 Å². The predicted octanol–water partition coefficient (Wildman–Crippen LogP) is 2.83. The maximum atomic E-state index is 9.72. The fourth-order valence-electron chi connectivity index (χ4n) is 1.73. The van der Waals surface area contributed by atoms with E-state index in [0.29, 0.717) is 5.88 Å². The number of hydrogen-bond donors (Lipinski definition) is 2. The van der Waals surface area contributed by atoms with Gasteiger partial charge in [0.1, 0.15) is 5.76 Å². The zero-order valence-electron chi connectivity index (χ0n) is 10.9. The second-order valence-corrected chi connectivity index (χ2v) is 3.98. The fourth-order valence-corrected chi connectivity index (χ4v) is 1.73. The summed E-state index contributed by atoms with van der Waals surface area (Å²) in [6.07, 6.45) is 3.31. The summed E-state index contributed by atoms with van der Waals surface area (Å²) in [5.74, 6) is 0.803. The highest BCUT2D eigenvalue weighted by Gasteiger charge is 2.02. The second kappa shape index (κ2) is 5.91. The summed E-state index contributed by atoms with van der Waals surface area (Å²) in [7, 11) is 3.33. The number of aromatic nitrogens is 1. The van der Waals surface area contributed by atoms with Crippen molar-refractivity contribution in [2.75, 3.05) is 14.2 Å². The molecule has 4 nitrogen and oxygen atoms in total. The minimum atomic E-state index is 0.210. The van der Waals surface area contributed by atoms with Crippen molar-refractivity contribution in [3.63, 3.8) is 0 Å². The molecule has 0 aliphatic carbocycles. The molecule has 2 aromatic rings. The number of benzene rings is 1. The molecular weight excluding hydrogens is 240 g/mol. The van der Waals surface area contributed by atoms with Crippen molar-refractivity contribution in [2.24, 2.45) is 0 Å². The first kappa shape index (κ1) is 13.0. The number of aliphatic hydroxyl groups excluding tert-OH is 1.